The first kappa shape index (κ1) is 22.3. The van der Waals surface area contributed by atoms with E-state index in [0.717, 1.165) is 0 Å². The Morgan fingerprint density at radius 1 is 1.04 bits per heavy atom. The molecule has 0 amide bonds. The third kappa shape index (κ3) is 5.41. The van der Waals surface area contributed by atoms with Gasteiger partial charge in [-0.2, -0.15) is 13.2 Å². The Morgan fingerprint density at radius 3 is 2.09 bits per heavy atom. The molecule has 134 valence electrons. The van der Waals surface area contributed by atoms with E-state index >= 15 is 0 Å². The smallest absolute Gasteiger partial charge is 0.314 e. The van der Waals surface area contributed by atoms with Crippen LogP contribution in [0.4, 0.5) is 26.3 Å². The van der Waals surface area contributed by atoms with Crippen LogP contribution in [0.2, 0.25) is 0 Å². The third-order valence-corrected chi connectivity index (χ3v) is 3.43. The van der Waals surface area contributed by atoms with Crippen molar-refractivity contribution in [3.8, 4) is 0 Å². The molecule has 10 heteroatoms. The zero-order chi connectivity index (χ0) is 15.6. The van der Waals surface area contributed by atoms with E-state index in [1.807, 2.05) is 0 Å². The average Bonchev–Trinajstić information content (AvgIpc) is 2.40. The first-order chi connectivity index (χ1) is 9.80. The summed E-state index contributed by atoms with van der Waals surface area (Å²) in [5.74, 6) is -1.05. The molecule has 0 aromatic heterocycles. The molecule has 0 unspecified atom stereocenters. The highest BCUT2D eigenvalue weighted by molar-refractivity contribution is 5.85. The van der Waals surface area contributed by atoms with Crippen molar-refractivity contribution in [2.75, 3.05) is 26.2 Å². The molecular weight excluding hydrogens is 369 g/mol. The van der Waals surface area contributed by atoms with Gasteiger partial charge in [0.05, 0.1) is 11.6 Å². The highest BCUT2D eigenvalue weighted by Crippen LogP contribution is 2.35. The minimum Gasteiger partial charge on any atom is -0.314 e. The van der Waals surface area contributed by atoms with Gasteiger partial charge in [-0.15, -0.1) is 24.8 Å². The van der Waals surface area contributed by atoms with Gasteiger partial charge in [0, 0.05) is 31.7 Å². The molecule has 0 aliphatic carbocycles. The van der Waals surface area contributed by atoms with Crippen molar-refractivity contribution in [3.63, 3.8) is 0 Å². The van der Waals surface area contributed by atoms with Crippen molar-refractivity contribution in [1.29, 1.82) is 0 Å². The predicted octanol–water partition coefficient (Wildman–Crippen LogP) is 3.90. The van der Waals surface area contributed by atoms with Crippen LogP contribution in [0.25, 0.3) is 0 Å². The maximum Gasteiger partial charge on any atom is 0.416 e. The Balaban J connectivity index is 0.00000242. The van der Waals surface area contributed by atoms with E-state index in [1.165, 1.54) is 4.90 Å². The van der Waals surface area contributed by atoms with E-state index in [9.17, 15) is 26.3 Å². The SMILES string of the molecule is Cl.Cl.Fc1ccc(C(F)(F)F)cc1[C@@H](C(F)F)N1CCNCC1. The number of nitrogens with one attached hydrogen (secondary N) is 1. The van der Waals surface area contributed by atoms with Crippen LogP contribution in [0.3, 0.4) is 0 Å². The van der Waals surface area contributed by atoms with Crippen molar-refractivity contribution in [1.82, 2.24) is 10.2 Å². The van der Waals surface area contributed by atoms with Crippen molar-refractivity contribution < 1.29 is 26.3 Å². The molecule has 1 atom stereocenters. The summed E-state index contributed by atoms with van der Waals surface area (Å²) >= 11 is 0. The molecule has 1 aromatic carbocycles. The lowest BCUT2D eigenvalue weighted by Crippen LogP contribution is -2.47. The van der Waals surface area contributed by atoms with Crippen LogP contribution in [-0.4, -0.2) is 37.5 Å². The second kappa shape index (κ2) is 8.96. The summed E-state index contributed by atoms with van der Waals surface area (Å²) in [6.07, 6.45) is -7.67. The molecule has 0 radical (unpaired) electrons. The van der Waals surface area contributed by atoms with Crippen molar-refractivity contribution in [3.05, 3.63) is 35.1 Å². The van der Waals surface area contributed by atoms with Crippen LogP contribution in [0.5, 0.6) is 0 Å². The fraction of sp³-hybridized carbons (Fsp3) is 0.538. The first-order valence-electron chi connectivity index (χ1n) is 6.40. The van der Waals surface area contributed by atoms with Gasteiger partial charge in [0.1, 0.15) is 5.82 Å². The molecule has 2 nitrogen and oxygen atoms in total. The van der Waals surface area contributed by atoms with Crippen molar-refractivity contribution in [2.45, 2.75) is 18.6 Å². The lowest BCUT2D eigenvalue weighted by molar-refractivity contribution is -0.137. The van der Waals surface area contributed by atoms with Crippen molar-refractivity contribution >= 4 is 24.8 Å². The minimum absolute atomic E-state index is 0. The Labute approximate surface area is 142 Å². The average molecular weight is 385 g/mol. The predicted molar refractivity (Wildman–Crippen MR) is 79.1 cm³/mol. The monoisotopic (exact) mass is 384 g/mol. The maximum atomic E-state index is 13.8. The van der Waals surface area contributed by atoms with Gasteiger partial charge in [-0.05, 0) is 18.2 Å². The van der Waals surface area contributed by atoms with E-state index in [2.05, 4.69) is 5.32 Å². The highest BCUT2D eigenvalue weighted by Gasteiger charge is 2.36. The van der Waals surface area contributed by atoms with E-state index < -0.39 is 35.6 Å². The largest absolute Gasteiger partial charge is 0.416 e. The Bertz CT molecular complexity index is 492. The second-order valence-electron chi connectivity index (χ2n) is 4.80. The molecule has 1 N–H and O–H groups in total. The molecule has 2 rings (SSSR count). The quantitative estimate of drug-likeness (QED) is 0.795. The number of hydrogen-bond donors (Lipinski definition) is 1. The molecular formula is C13H16Cl2F6N2. The molecule has 1 aliphatic heterocycles. The lowest BCUT2D eigenvalue weighted by atomic mass is 10.0. The number of rotatable bonds is 3. The zero-order valence-corrected chi connectivity index (χ0v) is 13.4. The summed E-state index contributed by atoms with van der Waals surface area (Å²) in [5.41, 5.74) is -1.73. The third-order valence-electron chi connectivity index (χ3n) is 3.43. The summed E-state index contributed by atoms with van der Waals surface area (Å²) < 4.78 is 78.3. The summed E-state index contributed by atoms with van der Waals surface area (Å²) in [7, 11) is 0. The van der Waals surface area contributed by atoms with Gasteiger partial charge in [-0.25, -0.2) is 13.2 Å². The van der Waals surface area contributed by atoms with Gasteiger partial charge in [-0.1, -0.05) is 0 Å². The van der Waals surface area contributed by atoms with Gasteiger partial charge >= 0.3 is 6.18 Å². The molecule has 1 aromatic rings. The van der Waals surface area contributed by atoms with Crippen LogP contribution in [0.15, 0.2) is 18.2 Å². The number of nitrogens with zero attached hydrogens (tertiary/aromatic N) is 1. The Morgan fingerprint density at radius 2 is 1.61 bits per heavy atom. The topological polar surface area (TPSA) is 15.3 Å². The number of hydrogen-bond acceptors (Lipinski definition) is 2. The molecule has 0 saturated carbocycles. The Hall–Kier alpha value is -0.700. The fourth-order valence-electron chi connectivity index (χ4n) is 2.40. The van der Waals surface area contributed by atoms with Crippen LogP contribution >= 0.6 is 24.8 Å². The van der Waals surface area contributed by atoms with Crippen molar-refractivity contribution in [2.24, 2.45) is 0 Å². The second-order valence-corrected chi connectivity index (χ2v) is 4.80. The lowest BCUT2D eigenvalue weighted by Gasteiger charge is -2.35. The van der Waals surface area contributed by atoms with Gasteiger partial charge in [-0.3, -0.25) is 4.90 Å². The van der Waals surface area contributed by atoms with Crippen LogP contribution < -0.4 is 5.32 Å². The van der Waals surface area contributed by atoms with Gasteiger partial charge < -0.3 is 5.32 Å². The number of halogens is 8. The van der Waals surface area contributed by atoms with Crippen LogP contribution in [-0.2, 0) is 6.18 Å². The summed E-state index contributed by atoms with van der Waals surface area (Å²) in [5, 5.41) is 2.95. The first-order valence-corrected chi connectivity index (χ1v) is 6.40. The highest BCUT2D eigenvalue weighted by atomic mass is 35.5. The number of piperazine rings is 1. The molecule has 23 heavy (non-hydrogen) atoms. The molecule has 0 bridgehead atoms. The van der Waals surface area contributed by atoms with Gasteiger partial charge in [0.2, 0.25) is 0 Å². The van der Waals surface area contributed by atoms with Crippen LogP contribution in [0.1, 0.15) is 17.2 Å². The molecule has 1 saturated heterocycles. The molecule has 0 spiro atoms. The molecule has 1 heterocycles. The Kier molecular flexibility index (Phi) is 8.69. The van der Waals surface area contributed by atoms with E-state index in [4.69, 9.17) is 0 Å². The van der Waals surface area contributed by atoms with E-state index in [-0.39, 0.29) is 37.9 Å². The number of alkyl halides is 5. The van der Waals surface area contributed by atoms with Crippen LogP contribution in [0, 0.1) is 5.82 Å². The standard InChI is InChI=1S/C13H14F6N2.2ClH/c14-10-2-1-8(13(17,18)19)7-9(10)11(12(15)16)21-5-3-20-4-6-21;;/h1-2,7,11-12,20H,3-6H2;2*1H/t11-;;/m0../s1. The fourth-order valence-corrected chi connectivity index (χ4v) is 2.40. The summed E-state index contributed by atoms with van der Waals surface area (Å²) in [6, 6.07) is -0.0438. The maximum absolute atomic E-state index is 13.8. The summed E-state index contributed by atoms with van der Waals surface area (Å²) in [6.45, 7) is 1.32. The zero-order valence-electron chi connectivity index (χ0n) is 11.7. The number of benzene rings is 1. The minimum atomic E-state index is -4.70. The molecule has 1 fully saturated rings. The van der Waals surface area contributed by atoms with E-state index in [1.54, 1.807) is 0 Å². The van der Waals surface area contributed by atoms with E-state index in [0.29, 0.717) is 31.3 Å². The van der Waals surface area contributed by atoms with Gasteiger partial charge in [0.25, 0.3) is 6.43 Å². The van der Waals surface area contributed by atoms with Gasteiger partial charge in [0.15, 0.2) is 0 Å². The normalized spacial score (nSPS) is 17.3. The molecule has 1 aliphatic rings. The summed E-state index contributed by atoms with van der Waals surface area (Å²) in [4.78, 5) is 1.31.